The second-order valence-corrected chi connectivity index (χ2v) is 4.59. The van der Waals surface area contributed by atoms with Crippen LogP contribution < -0.4 is 10.6 Å². The summed E-state index contributed by atoms with van der Waals surface area (Å²) in [6.45, 7) is 0.450. The zero-order chi connectivity index (χ0) is 13.4. The van der Waals surface area contributed by atoms with Crippen molar-refractivity contribution in [3.8, 4) is 0 Å². The van der Waals surface area contributed by atoms with Gasteiger partial charge in [-0.3, -0.25) is 4.79 Å². The maximum atomic E-state index is 13.2. The fourth-order valence-electron chi connectivity index (χ4n) is 2.37. The molecule has 0 aliphatic carbocycles. The largest absolute Gasteiger partial charge is 0.316 e. The number of carbonyl (C=O) groups is 1. The van der Waals surface area contributed by atoms with Gasteiger partial charge < -0.3 is 10.6 Å². The minimum atomic E-state index is -0.769. The number of benzene rings is 2. The average molecular weight is 293 g/mol. The van der Waals surface area contributed by atoms with Crippen molar-refractivity contribution in [1.82, 2.24) is 0 Å². The number of rotatable bonds is 2. The molecule has 0 aromatic heterocycles. The molecule has 1 heterocycles. The van der Waals surface area contributed by atoms with E-state index in [2.05, 4.69) is 0 Å². The monoisotopic (exact) mass is 292 g/mol. The Hall–Kier alpha value is -1.91. The van der Waals surface area contributed by atoms with Crippen molar-refractivity contribution in [3.05, 3.63) is 65.5 Å². The smallest absolute Gasteiger partial charge is 0.248 e. The number of amides is 1. The van der Waals surface area contributed by atoms with Gasteiger partial charge in [-0.25, -0.2) is 4.39 Å². The Balaban J connectivity index is 0.00000147. The fourth-order valence-corrected chi connectivity index (χ4v) is 2.37. The Labute approximate surface area is 122 Å². The number of hydrogen-bond donors (Lipinski definition) is 1. The maximum Gasteiger partial charge on any atom is 0.248 e. The van der Waals surface area contributed by atoms with Crippen LogP contribution in [0.5, 0.6) is 0 Å². The van der Waals surface area contributed by atoms with Crippen LogP contribution in [0.25, 0.3) is 0 Å². The number of halogens is 2. The van der Waals surface area contributed by atoms with Gasteiger partial charge in [0.05, 0.1) is 6.54 Å². The highest BCUT2D eigenvalue weighted by atomic mass is 35.5. The molecular weight excluding hydrogens is 279 g/mol. The minimum Gasteiger partial charge on any atom is -0.316 e. The van der Waals surface area contributed by atoms with Crippen molar-refractivity contribution >= 4 is 24.0 Å². The molecule has 0 saturated carbocycles. The lowest BCUT2D eigenvalue weighted by molar-refractivity contribution is -0.119. The summed E-state index contributed by atoms with van der Waals surface area (Å²) in [6.07, 6.45) is 0. The minimum absolute atomic E-state index is 0. The number of nitrogens with zero attached hydrogens (tertiary/aromatic N) is 1. The molecule has 0 spiro atoms. The summed E-state index contributed by atoms with van der Waals surface area (Å²) in [4.78, 5) is 13.8. The van der Waals surface area contributed by atoms with Crippen LogP contribution in [-0.2, 0) is 11.3 Å². The molecule has 3 rings (SSSR count). The summed E-state index contributed by atoms with van der Waals surface area (Å²) in [7, 11) is 0. The Kier molecular flexibility index (Phi) is 4.06. The van der Waals surface area contributed by atoms with E-state index in [1.807, 2.05) is 30.3 Å². The summed E-state index contributed by atoms with van der Waals surface area (Å²) in [5, 5.41) is 0. The van der Waals surface area contributed by atoms with Crippen LogP contribution in [-0.4, -0.2) is 5.91 Å². The molecule has 20 heavy (non-hydrogen) atoms. The van der Waals surface area contributed by atoms with Crippen LogP contribution in [0.3, 0.4) is 0 Å². The zero-order valence-electron chi connectivity index (χ0n) is 10.6. The summed E-state index contributed by atoms with van der Waals surface area (Å²) in [5.41, 5.74) is 8.11. The van der Waals surface area contributed by atoms with Gasteiger partial charge in [0.25, 0.3) is 0 Å². The van der Waals surface area contributed by atoms with Crippen LogP contribution >= 0.6 is 12.4 Å². The molecule has 5 heteroatoms. The predicted octanol–water partition coefficient (Wildman–Crippen LogP) is 2.79. The van der Waals surface area contributed by atoms with E-state index in [-0.39, 0.29) is 24.1 Å². The lowest BCUT2D eigenvalue weighted by Crippen LogP contribution is -2.31. The topological polar surface area (TPSA) is 46.3 Å². The predicted molar refractivity (Wildman–Crippen MR) is 78.2 cm³/mol. The summed E-state index contributed by atoms with van der Waals surface area (Å²) in [6, 6.07) is 13.2. The second-order valence-electron chi connectivity index (χ2n) is 4.59. The maximum absolute atomic E-state index is 13.2. The third-order valence-corrected chi connectivity index (χ3v) is 3.33. The summed E-state index contributed by atoms with van der Waals surface area (Å²) in [5.74, 6) is -0.562. The molecule has 1 amide bonds. The molecule has 1 aliphatic heterocycles. The Morgan fingerprint density at radius 3 is 2.55 bits per heavy atom. The number of nitrogens with two attached hydrogens (primary N) is 1. The average Bonchev–Trinajstić information content (AvgIpc) is 2.65. The van der Waals surface area contributed by atoms with Crippen molar-refractivity contribution in [1.29, 1.82) is 0 Å². The van der Waals surface area contributed by atoms with Crippen molar-refractivity contribution in [2.45, 2.75) is 12.6 Å². The molecule has 104 valence electrons. The van der Waals surface area contributed by atoms with E-state index in [1.165, 1.54) is 12.1 Å². The van der Waals surface area contributed by atoms with E-state index < -0.39 is 6.04 Å². The summed E-state index contributed by atoms with van der Waals surface area (Å²) >= 11 is 0. The lowest BCUT2D eigenvalue weighted by Gasteiger charge is -2.17. The molecule has 0 radical (unpaired) electrons. The van der Waals surface area contributed by atoms with Crippen molar-refractivity contribution < 1.29 is 9.18 Å². The normalized spacial score (nSPS) is 16.8. The van der Waals surface area contributed by atoms with Crippen molar-refractivity contribution in [2.24, 2.45) is 5.73 Å². The molecule has 2 aromatic carbocycles. The Morgan fingerprint density at radius 2 is 1.85 bits per heavy atom. The van der Waals surface area contributed by atoms with Gasteiger partial charge in [0, 0.05) is 11.3 Å². The van der Waals surface area contributed by atoms with Gasteiger partial charge in [0.2, 0.25) is 5.91 Å². The number of anilines is 1. The SMILES string of the molecule is Cl.NC1C(=O)N(Cc2ccccc2)c2ccc(F)cc21. The fraction of sp³-hybridized carbons (Fsp3) is 0.133. The van der Waals surface area contributed by atoms with Gasteiger partial charge >= 0.3 is 0 Å². The molecule has 2 N–H and O–H groups in total. The first kappa shape index (κ1) is 14.5. The first-order chi connectivity index (χ1) is 9.16. The Bertz CT molecular complexity index is 633. The Morgan fingerprint density at radius 1 is 1.15 bits per heavy atom. The molecule has 0 bridgehead atoms. The lowest BCUT2D eigenvalue weighted by atomic mass is 10.1. The van der Waals surface area contributed by atoms with Crippen LogP contribution in [0, 0.1) is 5.82 Å². The van der Waals surface area contributed by atoms with Crippen LogP contribution in [0.4, 0.5) is 10.1 Å². The third kappa shape index (κ3) is 2.40. The molecule has 2 aromatic rings. The number of fused-ring (bicyclic) bond motifs is 1. The van der Waals surface area contributed by atoms with Gasteiger partial charge in [-0.05, 0) is 23.8 Å². The number of hydrogen-bond acceptors (Lipinski definition) is 2. The second kappa shape index (κ2) is 5.61. The molecule has 1 unspecified atom stereocenters. The zero-order valence-corrected chi connectivity index (χ0v) is 11.4. The van der Waals surface area contributed by atoms with Crippen LogP contribution in [0.2, 0.25) is 0 Å². The van der Waals surface area contributed by atoms with E-state index in [0.29, 0.717) is 17.8 Å². The first-order valence-electron chi connectivity index (χ1n) is 6.07. The van der Waals surface area contributed by atoms with E-state index >= 15 is 0 Å². The van der Waals surface area contributed by atoms with Crippen LogP contribution in [0.1, 0.15) is 17.2 Å². The van der Waals surface area contributed by atoms with Gasteiger partial charge in [0.15, 0.2) is 0 Å². The van der Waals surface area contributed by atoms with E-state index in [1.54, 1.807) is 11.0 Å². The van der Waals surface area contributed by atoms with Crippen molar-refractivity contribution in [2.75, 3.05) is 4.90 Å². The highest BCUT2D eigenvalue weighted by Gasteiger charge is 2.34. The van der Waals surface area contributed by atoms with Gasteiger partial charge in [-0.15, -0.1) is 12.4 Å². The van der Waals surface area contributed by atoms with Gasteiger partial charge in [-0.2, -0.15) is 0 Å². The van der Waals surface area contributed by atoms with Gasteiger partial charge in [0.1, 0.15) is 11.9 Å². The highest BCUT2D eigenvalue weighted by Crippen LogP contribution is 2.35. The molecular formula is C15H14ClFN2O. The molecule has 0 saturated heterocycles. The molecule has 1 aliphatic rings. The number of carbonyl (C=O) groups excluding carboxylic acids is 1. The quantitative estimate of drug-likeness (QED) is 0.925. The van der Waals surface area contributed by atoms with E-state index in [0.717, 1.165) is 5.56 Å². The van der Waals surface area contributed by atoms with Crippen LogP contribution in [0.15, 0.2) is 48.5 Å². The molecule has 0 fully saturated rings. The third-order valence-electron chi connectivity index (χ3n) is 3.33. The molecule has 1 atom stereocenters. The summed E-state index contributed by atoms with van der Waals surface area (Å²) < 4.78 is 13.2. The van der Waals surface area contributed by atoms with E-state index in [4.69, 9.17) is 5.73 Å². The molecule has 3 nitrogen and oxygen atoms in total. The van der Waals surface area contributed by atoms with Crippen molar-refractivity contribution in [3.63, 3.8) is 0 Å². The van der Waals surface area contributed by atoms with Gasteiger partial charge in [-0.1, -0.05) is 30.3 Å². The highest BCUT2D eigenvalue weighted by molar-refractivity contribution is 6.04. The first-order valence-corrected chi connectivity index (χ1v) is 6.07. The van der Waals surface area contributed by atoms with E-state index in [9.17, 15) is 9.18 Å². The standard InChI is InChI=1S/C15H13FN2O.ClH/c16-11-6-7-13-12(8-11)14(17)15(19)18(13)9-10-4-2-1-3-5-10;/h1-8,14H,9,17H2;1H.